The Morgan fingerprint density at radius 3 is 2.43 bits per heavy atom. The molecule has 0 amide bonds. The summed E-state index contributed by atoms with van der Waals surface area (Å²) in [4.78, 5) is 0. The predicted octanol–water partition coefficient (Wildman–Crippen LogP) is -1.66. The van der Waals surface area contributed by atoms with Crippen LogP contribution in [0.15, 0.2) is 11.9 Å². The number of hydrogen-bond donors (Lipinski definition) is 6. The standard InChI is InChI=1S/C13H27N3O5/c1-2-3-4-5-8(14)6-16(15)13-12(20)11(19)10(18)9(7-17)21-13/h6,9-13,17-20H,2-5,7,14-15H2,1H3/b8-6-. The van der Waals surface area contributed by atoms with Crippen molar-refractivity contribution in [1.82, 2.24) is 5.01 Å². The molecule has 21 heavy (non-hydrogen) atoms. The van der Waals surface area contributed by atoms with Crippen LogP contribution in [0.2, 0.25) is 0 Å². The van der Waals surface area contributed by atoms with Gasteiger partial charge in [0, 0.05) is 11.9 Å². The first-order valence-corrected chi connectivity index (χ1v) is 7.22. The maximum atomic E-state index is 9.91. The number of allylic oxidation sites excluding steroid dienone is 1. The van der Waals surface area contributed by atoms with Crippen LogP contribution in [0.3, 0.4) is 0 Å². The predicted molar refractivity (Wildman–Crippen MR) is 76.2 cm³/mol. The van der Waals surface area contributed by atoms with Gasteiger partial charge >= 0.3 is 0 Å². The number of rotatable bonds is 7. The molecule has 0 spiro atoms. The zero-order valence-corrected chi connectivity index (χ0v) is 12.3. The lowest BCUT2D eigenvalue weighted by Gasteiger charge is -2.42. The smallest absolute Gasteiger partial charge is 0.172 e. The van der Waals surface area contributed by atoms with Crippen LogP contribution in [0.1, 0.15) is 32.6 Å². The van der Waals surface area contributed by atoms with Crippen molar-refractivity contribution in [2.75, 3.05) is 6.61 Å². The van der Waals surface area contributed by atoms with Crippen LogP contribution in [-0.4, -0.2) is 62.7 Å². The minimum Gasteiger partial charge on any atom is -0.401 e. The maximum Gasteiger partial charge on any atom is 0.172 e. The molecule has 0 aliphatic carbocycles. The molecule has 8 N–H and O–H groups in total. The van der Waals surface area contributed by atoms with E-state index in [1.807, 2.05) is 0 Å². The zero-order chi connectivity index (χ0) is 16.0. The third-order valence-corrected chi connectivity index (χ3v) is 3.54. The molecule has 1 heterocycles. The SMILES string of the molecule is CCCCC/C(N)=C/N(N)C1OC(CO)C(O)C(O)C1O. The van der Waals surface area contributed by atoms with Gasteiger partial charge in [-0.25, -0.2) is 5.84 Å². The molecule has 5 unspecified atom stereocenters. The Balaban J connectivity index is 2.67. The van der Waals surface area contributed by atoms with E-state index in [2.05, 4.69) is 6.92 Å². The first-order valence-electron chi connectivity index (χ1n) is 7.22. The summed E-state index contributed by atoms with van der Waals surface area (Å²) in [7, 11) is 0. The molecule has 5 atom stereocenters. The second kappa shape index (κ2) is 8.52. The third kappa shape index (κ3) is 4.80. The minimum absolute atomic E-state index is 0.495. The van der Waals surface area contributed by atoms with Crippen molar-refractivity contribution in [3.8, 4) is 0 Å². The van der Waals surface area contributed by atoms with Crippen molar-refractivity contribution in [3.05, 3.63) is 11.9 Å². The Hall–Kier alpha value is -0.900. The van der Waals surface area contributed by atoms with Crippen molar-refractivity contribution in [2.45, 2.75) is 63.3 Å². The molecule has 0 aromatic rings. The Morgan fingerprint density at radius 1 is 1.19 bits per heavy atom. The average molecular weight is 305 g/mol. The van der Waals surface area contributed by atoms with E-state index in [0.717, 1.165) is 24.3 Å². The van der Waals surface area contributed by atoms with Gasteiger partial charge in [0.2, 0.25) is 0 Å². The molecule has 0 bridgehead atoms. The molecule has 1 fully saturated rings. The van der Waals surface area contributed by atoms with Crippen LogP contribution in [0.4, 0.5) is 0 Å². The van der Waals surface area contributed by atoms with Crippen LogP contribution in [0, 0.1) is 0 Å². The number of hydrogen-bond acceptors (Lipinski definition) is 8. The molecule has 1 saturated heterocycles. The molecule has 124 valence electrons. The highest BCUT2D eigenvalue weighted by Gasteiger charge is 2.44. The van der Waals surface area contributed by atoms with Crippen molar-refractivity contribution < 1.29 is 25.2 Å². The second-order valence-electron chi connectivity index (χ2n) is 5.33. The average Bonchev–Trinajstić information content (AvgIpc) is 2.45. The van der Waals surface area contributed by atoms with Gasteiger partial charge in [-0.15, -0.1) is 0 Å². The summed E-state index contributed by atoms with van der Waals surface area (Å²) >= 11 is 0. The van der Waals surface area contributed by atoms with Crippen LogP contribution in [0.25, 0.3) is 0 Å². The van der Waals surface area contributed by atoms with Gasteiger partial charge < -0.3 is 30.9 Å². The molecular weight excluding hydrogens is 278 g/mol. The molecular formula is C13H27N3O5. The van der Waals surface area contributed by atoms with E-state index in [9.17, 15) is 15.3 Å². The molecule has 0 radical (unpaired) electrons. The summed E-state index contributed by atoms with van der Waals surface area (Å²) in [6.45, 7) is 1.59. The summed E-state index contributed by atoms with van der Waals surface area (Å²) < 4.78 is 5.31. The molecule has 0 aromatic heterocycles. The van der Waals surface area contributed by atoms with Crippen molar-refractivity contribution in [1.29, 1.82) is 0 Å². The Kier molecular flexibility index (Phi) is 7.36. The van der Waals surface area contributed by atoms with E-state index in [1.54, 1.807) is 0 Å². The lowest BCUT2D eigenvalue weighted by Crippen LogP contribution is -2.63. The Labute approximate surface area is 124 Å². The molecule has 0 aromatic carbocycles. The van der Waals surface area contributed by atoms with Gasteiger partial charge in [0.15, 0.2) is 6.23 Å². The largest absolute Gasteiger partial charge is 0.401 e. The van der Waals surface area contributed by atoms with Gasteiger partial charge in [-0.3, -0.25) is 5.01 Å². The number of nitrogens with two attached hydrogens (primary N) is 2. The summed E-state index contributed by atoms with van der Waals surface area (Å²) in [5.41, 5.74) is 6.37. The molecule has 8 heteroatoms. The molecule has 1 rings (SSSR count). The van der Waals surface area contributed by atoms with Gasteiger partial charge in [0.25, 0.3) is 0 Å². The lowest BCUT2D eigenvalue weighted by atomic mass is 9.98. The van der Waals surface area contributed by atoms with Crippen LogP contribution < -0.4 is 11.6 Å². The van der Waals surface area contributed by atoms with Crippen molar-refractivity contribution in [3.63, 3.8) is 0 Å². The van der Waals surface area contributed by atoms with Crippen LogP contribution in [0.5, 0.6) is 0 Å². The van der Waals surface area contributed by atoms with Gasteiger partial charge in [-0.05, 0) is 12.8 Å². The Morgan fingerprint density at radius 2 is 1.86 bits per heavy atom. The molecule has 0 saturated carbocycles. The first kappa shape index (κ1) is 18.1. The normalized spacial score (nSPS) is 34.0. The van der Waals surface area contributed by atoms with Gasteiger partial charge in [0.05, 0.1) is 6.61 Å². The fourth-order valence-electron chi connectivity index (χ4n) is 2.24. The summed E-state index contributed by atoms with van der Waals surface area (Å²) in [6, 6.07) is 0. The second-order valence-corrected chi connectivity index (χ2v) is 5.33. The van der Waals surface area contributed by atoms with Gasteiger partial charge in [-0.2, -0.15) is 0 Å². The monoisotopic (exact) mass is 305 g/mol. The topological polar surface area (TPSA) is 145 Å². The molecule has 1 aliphatic heterocycles. The highest BCUT2D eigenvalue weighted by molar-refractivity contribution is 4.99. The lowest BCUT2D eigenvalue weighted by molar-refractivity contribution is -0.259. The number of unbranched alkanes of at least 4 members (excludes halogenated alkanes) is 2. The van der Waals surface area contributed by atoms with E-state index < -0.39 is 37.3 Å². The molecule has 1 aliphatic rings. The Bertz CT molecular complexity index is 340. The first-order chi connectivity index (χ1) is 9.92. The summed E-state index contributed by atoms with van der Waals surface area (Å²) in [5, 5.41) is 39.5. The van der Waals surface area contributed by atoms with E-state index >= 15 is 0 Å². The highest BCUT2D eigenvalue weighted by Crippen LogP contribution is 2.22. The number of aliphatic hydroxyl groups excluding tert-OH is 4. The van der Waals surface area contributed by atoms with E-state index in [1.165, 1.54) is 6.20 Å². The van der Waals surface area contributed by atoms with Crippen LogP contribution in [-0.2, 0) is 4.74 Å². The number of aliphatic hydroxyl groups is 4. The number of hydrazine groups is 1. The van der Waals surface area contributed by atoms with E-state index in [4.69, 9.17) is 21.4 Å². The van der Waals surface area contributed by atoms with E-state index in [-0.39, 0.29) is 0 Å². The zero-order valence-electron chi connectivity index (χ0n) is 12.3. The number of nitrogens with zero attached hydrogens (tertiary/aromatic N) is 1. The maximum absolute atomic E-state index is 9.91. The van der Waals surface area contributed by atoms with Crippen LogP contribution >= 0.6 is 0 Å². The third-order valence-electron chi connectivity index (χ3n) is 3.54. The van der Waals surface area contributed by atoms with Crippen molar-refractivity contribution in [2.24, 2.45) is 11.6 Å². The minimum atomic E-state index is -1.46. The van der Waals surface area contributed by atoms with Gasteiger partial charge in [0.1, 0.15) is 24.4 Å². The highest BCUT2D eigenvalue weighted by atomic mass is 16.6. The fraction of sp³-hybridized carbons (Fsp3) is 0.846. The quantitative estimate of drug-likeness (QED) is 0.186. The molecule has 8 nitrogen and oxygen atoms in total. The summed E-state index contributed by atoms with van der Waals surface area (Å²) in [6.07, 6.45) is -1.19. The summed E-state index contributed by atoms with van der Waals surface area (Å²) in [5.74, 6) is 5.79. The van der Waals surface area contributed by atoms with E-state index in [0.29, 0.717) is 12.1 Å². The van der Waals surface area contributed by atoms with Gasteiger partial charge in [-0.1, -0.05) is 19.8 Å². The fourth-order valence-corrected chi connectivity index (χ4v) is 2.24. The number of ether oxygens (including phenoxy) is 1. The van der Waals surface area contributed by atoms with Crippen molar-refractivity contribution >= 4 is 0 Å².